The molecule has 1 aromatic rings. The fraction of sp³-hybridized carbons (Fsp3) is 0.538. The lowest BCUT2D eigenvalue weighted by molar-refractivity contribution is 0.373. The molecule has 0 heterocycles. The third-order valence-electron chi connectivity index (χ3n) is 3.47. The van der Waals surface area contributed by atoms with Crippen LogP contribution in [0.25, 0.3) is 0 Å². The van der Waals surface area contributed by atoms with Crippen LogP contribution in [-0.4, -0.2) is 0 Å². The summed E-state index contributed by atoms with van der Waals surface area (Å²) in [7, 11) is 0. The van der Waals surface area contributed by atoms with Gasteiger partial charge < -0.3 is 0 Å². The van der Waals surface area contributed by atoms with E-state index >= 15 is 0 Å². The van der Waals surface area contributed by atoms with Crippen molar-refractivity contribution in [2.45, 2.75) is 38.6 Å². The van der Waals surface area contributed by atoms with Gasteiger partial charge in [0.15, 0.2) is 0 Å². The molecule has 2 rings (SSSR count). The van der Waals surface area contributed by atoms with Gasteiger partial charge in [-0.3, -0.25) is 11.3 Å². The van der Waals surface area contributed by atoms with Crippen LogP contribution < -0.4 is 11.3 Å². The maximum Gasteiger partial charge on any atom is 0.0488 e. The molecular weight excluding hydrogens is 220 g/mol. The third-order valence-corrected chi connectivity index (χ3v) is 3.69. The van der Waals surface area contributed by atoms with E-state index in [9.17, 15) is 0 Å². The van der Waals surface area contributed by atoms with Crippen molar-refractivity contribution >= 4 is 11.6 Å². The molecule has 1 saturated carbocycles. The normalized spacial score (nSPS) is 18.9. The van der Waals surface area contributed by atoms with E-state index in [-0.39, 0.29) is 6.04 Å². The Bertz CT molecular complexity index is 339. The topological polar surface area (TPSA) is 38.0 Å². The average Bonchev–Trinajstić information content (AvgIpc) is 2.70. The third kappa shape index (κ3) is 2.57. The van der Waals surface area contributed by atoms with Gasteiger partial charge in [0.25, 0.3) is 0 Å². The minimum atomic E-state index is 0.250. The second-order valence-corrected chi connectivity index (χ2v) is 5.19. The molecule has 0 bridgehead atoms. The molecule has 3 N–H and O–H groups in total. The Morgan fingerprint density at radius 2 is 2.00 bits per heavy atom. The monoisotopic (exact) mass is 238 g/mol. The second kappa shape index (κ2) is 5.17. The van der Waals surface area contributed by atoms with Crippen LogP contribution in [0.3, 0.4) is 0 Å². The Morgan fingerprint density at radius 1 is 1.31 bits per heavy atom. The van der Waals surface area contributed by atoms with Crippen molar-refractivity contribution in [3.05, 3.63) is 34.3 Å². The van der Waals surface area contributed by atoms with Crippen LogP contribution >= 0.6 is 11.6 Å². The van der Waals surface area contributed by atoms with Gasteiger partial charge in [-0.25, -0.2) is 0 Å². The quantitative estimate of drug-likeness (QED) is 0.626. The van der Waals surface area contributed by atoms with E-state index in [0.717, 1.165) is 5.02 Å². The van der Waals surface area contributed by atoms with E-state index in [4.69, 9.17) is 17.4 Å². The summed E-state index contributed by atoms with van der Waals surface area (Å²) in [6.45, 7) is 2.07. The van der Waals surface area contributed by atoms with Crippen molar-refractivity contribution in [3.63, 3.8) is 0 Å². The van der Waals surface area contributed by atoms with Crippen molar-refractivity contribution in [1.82, 2.24) is 5.43 Å². The first-order valence-corrected chi connectivity index (χ1v) is 6.31. The molecule has 1 aliphatic carbocycles. The van der Waals surface area contributed by atoms with Gasteiger partial charge in [-0.1, -0.05) is 30.5 Å². The summed E-state index contributed by atoms with van der Waals surface area (Å²) in [5.74, 6) is 6.35. The summed E-state index contributed by atoms with van der Waals surface area (Å²) in [5, 5.41) is 0.799. The van der Waals surface area contributed by atoms with Crippen molar-refractivity contribution in [1.29, 1.82) is 0 Å². The molecule has 1 aliphatic rings. The van der Waals surface area contributed by atoms with Gasteiger partial charge in [0, 0.05) is 11.1 Å². The molecule has 16 heavy (non-hydrogen) atoms. The van der Waals surface area contributed by atoms with Gasteiger partial charge >= 0.3 is 0 Å². The number of nitrogens with one attached hydrogen (secondary N) is 1. The number of halogens is 1. The SMILES string of the molecule is Cc1cc(Cl)cc(C(NN)C2CCCC2)c1. The smallest absolute Gasteiger partial charge is 0.0488 e. The van der Waals surface area contributed by atoms with Gasteiger partial charge in [0.05, 0.1) is 0 Å². The van der Waals surface area contributed by atoms with E-state index < -0.39 is 0 Å². The summed E-state index contributed by atoms with van der Waals surface area (Å²) in [6.07, 6.45) is 5.17. The summed E-state index contributed by atoms with van der Waals surface area (Å²) in [4.78, 5) is 0. The molecule has 1 fully saturated rings. The lowest BCUT2D eigenvalue weighted by Crippen LogP contribution is -2.32. The van der Waals surface area contributed by atoms with Crippen molar-refractivity contribution in [3.8, 4) is 0 Å². The Balaban J connectivity index is 2.24. The first-order valence-electron chi connectivity index (χ1n) is 5.94. The summed E-state index contributed by atoms with van der Waals surface area (Å²) in [6, 6.07) is 6.43. The average molecular weight is 239 g/mol. The van der Waals surface area contributed by atoms with Crippen molar-refractivity contribution in [2.24, 2.45) is 11.8 Å². The van der Waals surface area contributed by atoms with Crippen LogP contribution in [-0.2, 0) is 0 Å². The molecule has 1 unspecified atom stereocenters. The van der Waals surface area contributed by atoms with Gasteiger partial charge in [-0.15, -0.1) is 0 Å². The maximum absolute atomic E-state index is 6.09. The fourth-order valence-electron chi connectivity index (χ4n) is 2.74. The first kappa shape index (κ1) is 11.9. The number of hydrogen-bond acceptors (Lipinski definition) is 2. The van der Waals surface area contributed by atoms with E-state index in [1.54, 1.807) is 0 Å². The number of benzene rings is 1. The van der Waals surface area contributed by atoms with E-state index in [0.29, 0.717) is 5.92 Å². The Labute approximate surface area is 102 Å². The molecule has 3 heteroatoms. The standard InChI is InChI=1S/C13H19ClN2/c1-9-6-11(8-12(14)7-9)13(16-15)10-4-2-3-5-10/h6-8,10,13,16H,2-5,15H2,1H3. The molecule has 0 amide bonds. The highest BCUT2D eigenvalue weighted by Crippen LogP contribution is 2.36. The molecule has 0 radical (unpaired) electrons. The first-order chi connectivity index (χ1) is 7.70. The van der Waals surface area contributed by atoms with E-state index in [1.807, 2.05) is 12.1 Å². The van der Waals surface area contributed by atoms with Gasteiger partial charge in [0.1, 0.15) is 0 Å². The highest BCUT2D eigenvalue weighted by Gasteiger charge is 2.25. The molecule has 88 valence electrons. The molecule has 0 spiro atoms. The van der Waals surface area contributed by atoms with Gasteiger partial charge in [-0.05, 0) is 48.9 Å². The number of hydrazine groups is 1. The van der Waals surface area contributed by atoms with E-state index in [1.165, 1.54) is 36.8 Å². The Kier molecular flexibility index (Phi) is 3.85. The molecule has 2 nitrogen and oxygen atoms in total. The van der Waals surface area contributed by atoms with E-state index in [2.05, 4.69) is 18.4 Å². The summed E-state index contributed by atoms with van der Waals surface area (Å²) < 4.78 is 0. The molecule has 0 saturated heterocycles. The number of aryl methyl sites for hydroxylation is 1. The largest absolute Gasteiger partial charge is 0.271 e. The minimum Gasteiger partial charge on any atom is -0.271 e. The molecule has 0 aliphatic heterocycles. The fourth-order valence-corrected chi connectivity index (χ4v) is 3.04. The van der Waals surface area contributed by atoms with Gasteiger partial charge in [-0.2, -0.15) is 0 Å². The number of rotatable bonds is 3. The molecule has 0 aromatic heterocycles. The molecule has 1 atom stereocenters. The van der Waals surface area contributed by atoms with Crippen LogP contribution in [0, 0.1) is 12.8 Å². The second-order valence-electron chi connectivity index (χ2n) is 4.75. The highest BCUT2D eigenvalue weighted by atomic mass is 35.5. The molecular formula is C13H19ClN2. The maximum atomic E-state index is 6.09. The van der Waals surface area contributed by atoms with Crippen LogP contribution in [0.1, 0.15) is 42.9 Å². The minimum absolute atomic E-state index is 0.250. The number of hydrogen-bond donors (Lipinski definition) is 2. The Hall–Kier alpha value is -0.570. The van der Waals surface area contributed by atoms with Crippen LogP contribution in [0.15, 0.2) is 18.2 Å². The van der Waals surface area contributed by atoms with Crippen LogP contribution in [0.5, 0.6) is 0 Å². The zero-order chi connectivity index (χ0) is 11.5. The van der Waals surface area contributed by atoms with Crippen molar-refractivity contribution in [2.75, 3.05) is 0 Å². The lowest BCUT2D eigenvalue weighted by Gasteiger charge is -2.23. The zero-order valence-electron chi connectivity index (χ0n) is 9.67. The zero-order valence-corrected chi connectivity index (χ0v) is 10.4. The van der Waals surface area contributed by atoms with Crippen LogP contribution in [0.4, 0.5) is 0 Å². The Morgan fingerprint density at radius 3 is 2.56 bits per heavy atom. The van der Waals surface area contributed by atoms with Gasteiger partial charge in [0.2, 0.25) is 0 Å². The lowest BCUT2D eigenvalue weighted by atomic mass is 9.91. The number of nitrogens with two attached hydrogens (primary N) is 1. The predicted octanol–water partition coefficient (Wildman–Crippen LogP) is 3.34. The predicted molar refractivity (Wildman–Crippen MR) is 68.2 cm³/mol. The van der Waals surface area contributed by atoms with Crippen LogP contribution in [0.2, 0.25) is 5.02 Å². The van der Waals surface area contributed by atoms with Crippen molar-refractivity contribution < 1.29 is 0 Å². The summed E-state index contributed by atoms with van der Waals surface area (Å²) >= 11 is 6.09. The highest BCUT2D eigenvalue weighted by molar-refractivity contribution is 6.30. The summed E-state index contributed by atoms with van der Waals surface area (Å²) in [5.41, 5.74) is 5.37. The molecule has 1 aromatic carbocycles.